The number of ether oxygens (including phenoxy) is 1. The molecule has 0 saturated carbocycles. The number of amides is 1. The quantitative estimate of drug-likeness (QED) is 0.560. The minimum Gasteiger partial charge on any atom is -0.460 e. The van der Waals surface area contributed by atoms with Crippen molar-refractivity contribution >= 4 is 27.8 Å². The van der Waals surface area contributed by atoms with Gasteiger partial charge in [-0.15, -0.1) is 0 Å². The normalized spacial score (nSPS) is 10.4. The Hall–Kier alpha value is -2.21. The zero-order valence-electron chi connectivity index (χ0n) is 13.9. The van der Waals surface area contributed by atoms with Gasteiger partial charge >= 0.3 is 5.97 Å². The molecule has 132 valence electrons. The van der Waals surface area contributed by atoms with Crippen LogP contribution in [0.15, 0.2) is 46.9 Å². The molecule has 0 saturated heterocycles. The van der Waals surface area contributed by atoms with Crippen LogP contribution in [0.4, 0.5) is 4.39 Å². The van der Waals surface area contributed by atoms with E-state index in [-0.39, 0.29) is 24.6 Å². The molecule has 0 aliphatic heterocycles. The van der Waals surface area contributed by atoms with Crippen LogP contribution in [0.2, 0.25) is 0 Å². The molecule has 1 amide bonds. The van der Waals surface area contributed by atoms with Gasteiger partial charge in [0.2, 0.25) is 5.91 Å². The van der Waals surface area contributed by atoms with Crippen molar-refractivity contribution < 1.29 is 18.7 Å². The van der Waals surface area contributed by atoms with Crippen LogP contribution in [-0.4, -0.2) is 25.0 Å². The monoisotopic (exact) mass is 407 g/mol. The zero-order chi connectivity index (χ0) is 18.2. The predicted octanol–water partition coefficient (Wildman–Crippen LogP) is 3.80. The Morgan fingerprint density at radius 3 is 2.60 bits per heavy atom. The number of hydrogen-bond acceptors (Lipinski definition) is 3. The number of carbonyl (C=O) groups excluding carboxylic acids is 2. The van der Waals surface area contributed by atoms with Crippen molar-refractivity contribution in [3.63, 3.8) is 0 Å². The van der Waals surface area contributed by atoms with E-state index in [1.807, 2.05) is 31.2 Å². The number of benzene rings is 2. The molecule has 25 heavy (non-hydrogen) atoms. The summed E-state index contributed by atoms with van der Waals surface area (Å²) in [7, 11) is 0. The first-order valence-electron chi connectivity index (χ1n) is 7.90. The highest BCUT2D eigenvalue weighted by molar-refractivity contribution is 9.10. The molecule has 0 fully saturated rings. The largest absolute Gasteiger partial charge is 0.460 e. The Kier molecular flexibility index (Phi) is 7.13. The average Bonchev–Trinajstić information content (AvgIpc) is 2.60. The topological polar surface area (TPSA) is 55.4 Å². The van der Waals surface area contributed by atoms with Gasteiger partial charge in [0.15, 0.2) is 0 Å². The lowest BCUT2D eigenvalue weighted by Crippen LogP contribution is -2.28. The lowest BCUT2D eigenvalue weighted by molar-refractivity contribution is -0.121. The number of rotatable bonds is 7. The van der Waals surface area contributed by atoms with Gasteiger partial charge in [-0.2, -0.15) is 0 Å². The second-order valence-electron chi connectivity index (χ2n) is 5.60. The predicted molar refractivity (Wildman–Crippen MR) is 96.9 cm³/mol. The maximum atomic E-state index is 13.6. The van der Waals surface area contributed by atoms with Gasteiger partial charge < -0.3 is 10.1 Å². The van der Waals surface area contributed by atoms with Crippen LogP contribution in [0.1, 0.15) is 27.9 Å². The third-order valence-electron chi connectivity index (χ3n) is 3.57. The van der Waals surface area contributed by atoms with Crippen molar-refractivity contribution in [2.75, 3.05) is 13.2 Å². The van der Waals surface area contributed by atoms with Crippen LogP contribution in [0.3, 0.4) is 0 Å². The lowest BCUT2D eigenvalue weighted by Gasteiger charge is -2.08. The van der Waals surface area contributed by atoms with Gasteiger partial charge in [-0.05, 0) is 37.1 Å². The fourth-order valence-electron chi connectivity index (χ4n) is 2.17. The summed E-state index contributed by atoms with van der Waals surface area (Å²) in [5.41, 5.74) is 2.13. The number of hydrogen-bond donors (Lipinski definition) is 1. The summed E-state index contributed by atoms with van der Waals surface area (Å²) < 4.78 is 19.1. The van der Waals surface area contributed by atoms with Gasteiger partial charge in [-0.25, -0.2) is 9.18 Å². The Bertz CT molecular complexity index is 747. The van der Waals surface area contributed by atoms with Gasteiger partial charge in [0.1, 0.15) is 12.4 Å². The summed E-state index contributed by atoms with van der Waals surface area (Å²) in [5.74, 6) is -1.52. The second kappa shape index (κ2) is 9.32. The zero-order valence-corrected chi connectivity index (χ0v) is 15.4. The Balaban J connectivity index is 1.68. The highest BCUT2D eigenvalue weighted by Gasteiger charge is 2.13. The molecule has 0 spiro atoms. The molecule has 2 rings (SSSR count). The smallest absolute Gasteiger partial charge is 0.341 e. The molecule has 0 atom stereocenters. The molecule has 0 aromatic heterocycles. The molecule has 0 unspecified atom stereocenters. The van der Waals surface area contributed by atoms with E-state index < -0.39 is 11.8 Å². The SMILES string of the molecule is Cc1ccc(CCC(=O)NCCOC(=O)c2cc(Br)ccc2F)cc1. The highest BCUT2D eigenvalue weighted by Crippen LogP contribution is 2.16. The molecule has 2 aromatic carbocycles. The molecular weight excluding hydrogens is 389 g/mol. The standard InChI is InChI=1S/C19H19BrFNO3/c1-13-2-4-14(5-3-13)6-9-18(23)22-10-11-25-19(24)16-12-15(20)7-8-17(16)21/h2-5,7-8,12H,6,9-11H2,1H3,(H,22,23). The number of halogens is 2. The summed E-state index contributed by atoms with van der Waals surface area (Å²) in [6.45, 7) is 2.19. The molecule has 4 nitrogen and oxygen atoms in total. The van der Waals surface area contributed by atoms with Crippen LogP contribution in [0, 0.1) is 12.7 Å². The van der Waals surface area contributed by atoms with E-state index in [9.17, 15) is 14.0 Å². The molecule has 0 aliphatic carbocycles. The van der Waals surface area contributed by atoms with Crippen molar-refractivity contribution in [2.24, 2.45) is 0 Å². The van der Waals surface area contributed by atoms with Gasteiger partial charge in [-0.3, -0.25) is 4.79 Å². The van der Waals surface area contributed by atoms with Gasteiger partial charge in [0.05, 0.1) is 12.1 Å². The van der Waals surface area contributed by atoms with Gasteiger partial charge in [0.25, 0.3) is 0 Å². The first kappa shape index (κ1) is 19.1. The highest BCUT2D eigenvalue weighted by atomic mass is 79.9. The number of nitrogens with one attached hydrogen (secondary N) is 1. The van der Waals surface area contributed by atoms with Crippen LogP contribution >= 0.6 is 15.9 Å². The van der Waals surface area contributed by atoms with Crippen LogP contribution in [0.5, 0.6) is 0 Å². The minimum atomic E-state index is -0.757. The molecular formula is C19H19BrFNO3. The maximum absolute atomic E-state index is 13.6. The van der Waals surface area contributed by atoms with E-state index in [0.29, 0.717) is 17.3 Å². The lowest BCUT2D eigenvalue weighted by atomic mass is 10.1. The number of aryl methyl sites for hydroxylation is 2. The summed E-state index contributed by atoms with van der Waals surface area (Å²) >= 11 is 3.17. The fraction of sp³-hybridized carbons (Fsp3) is 0.263. The molecule has 0 heterocycles. The van der Waals surface area contributed by atoms with E-state index in [0.717, 1.165) is 5.56 Å². The molecule has 0 aliphatic rings. The van der Waals surface area contributed by atoms with Crippen LogP contribution in [0.25, 0.3) is 0 Å². The fourth-order valence-corrected chi connectivity index (χ4v) is 2.53. The third-order valence-corrected chi connectivity index (χ3v) is 4.06. The second-order valence-corrected chi connectivity index (χ2v) is 6.51. The van der Waals surface area contributed by atoms with E-state index >= 15 is 0 Å². The summed E-state index contributed by atoms with van der Waals surface area (Å²) in [6, 6.07) is 12.1. The molecule has 1 N–H and O–H groups in total. The maximum Gasteiger partial charge on any atom is 0.341 e. The summed E-state index contributed by atoms with van der Waals surface area (Å²) in [6.07, 6.45) is 1.01. The van der Waals surface area contributed by atoms with E-state index in [1.165, 1.54) is 23.8 Å². The Morgan fingerprint density at radius 2 is 1.88 bits per heavy atom. The number of carbonyl (C=O) groups is 2. The van der Waals surface area contributed by atoms with Gasteiger partial charge in [0, 0.05) is 10.9 Å². The minimum absolute atomic E-state index is 0.0128. The van der Waals surface area contributed by atoms with Crippen molar-refractivity contribution in [1.29, 1.82) is 0 Å². The molecule has 2 aromatic rings. The summed E-state index contributed by atoms with van der Waals surface area (Å²) in [4.78, 5) is 23.6. The first-order chi connectivity index (χ1) is 12.0. The van der Waals surface area contributed by atoms with Crippen LogP contribution < -0.4 is 5.32 Å². The van der Waals surface area contributed by atoms with Crippen LogP contribution in [-0.2, 0) is 16.0 Å². The van der Waals surface area contributed by atoms with Crippen molar-refractivity contribution in [2.45, 2.75) is 19.8 Å². The molecule has 0 radical (unpaired) electrons. The molecule has 6 heteroatoms. The van der Waals surface area contributed by atoms with E-state index in [2.05, 4.69) is 21.2 Å². The molecule has 0 bridgehead atoms. The number of esters is 1. The third kappa shape index (κ3) is 6.31. The Morgan fingerprint density at radius 1 is 1.16 bits per heavy atom. The summed E-state index contributed by atoms with van der Waals surface area (Å²) in [5, 5.41) is 2.68. The van der Waals surface area contributed by atoms with Crippen molar-refractivity contribution in [3.05, 3.63) is 69.4 Å². The average molecular weight is 408 g/mol. The first-order valence-corrected chi connectivity index (χ1v) is 8.69. The Labute approximate surface area is 154 Å². The van der Waals surface area contributed by atoms with Crippen molar-refractivity contribution in [3.8, 4) is 0 Å². The van der Waals surface area contributed by atoms with Gasteiger partial charge in [-0.1, -0.05) is 45.8 Å². The van der Waals surface area contributed by atoms with Crippen molar-refractivity contribution in [1.82, 2.24) is 5.32 Å². The van der Waals surface area contributed by atoms with E-state index in [4.69, 9.17) is 4.74 Å². The van der Waals surface area contributed by atoms with E-state index in [1.54, 1.807) is 0 Å².